The molecule has 0 radical (unpaired) electrons. The van der Waals surface area contributed by atoms with Crippen molar-refractivity contribution in [2.24, 2.45) is 0 Å². The van der Waals surface area contributed by atoms with Gasteiger partial charge in [-0.25, -0.2) is 0 Å². The molecule has 0 heterocycles. The Kier molecular flexibility index (Phi) is 49.4. The molecule has 1 unspecified atom stereocenters. The Bertz CT molecular complexity index is 997. The maximum Gasteiger partial charge on any atom is 0.306 e. The lowest BCUT2D eigenvalue weighted by molar-refractivity contribution is -0.163. The maximum atomic E-state index is 12.8. The summed E-state index contributed by atoms with van der Waals surface area (Å²) in [6.07, 6.45) is 62.6. The van der Waals surface area contributed by atoms with E-state index in [4.69, 9.17) is 14.2 Å². The molecule has 0 saturated carbocycles. The SMILES string of the molecule is CC/C=C\C/C=C\C/C=C\CCCCCCCCCC(=O)OCC(COCCCCCCCC/C=C\CCCC)OC(=O)CCCCCCCCCCCCCCCCC. The van der Waals surface area contributed by atoms with E-state index in [2.05, 4.69) is 69.4 Å². The van der Waals surface area contributed by atoms with Crippen LogP contribution in [0.4, 0.5) is 0 Å². The van der Waals surface area contributed by atoms with Crippen molar-refractivity contribution in [2.75, 3.05) is 19.8 Å². The largest absolute Gasteiger partial charge is 0.462 e. The first kappa shape index (κ1) is 57.9. The summed E-state index contributed by atoms with van der Waals surface area (Å²) in [6, 6.07) is 0. The summed E-state index contributed by atoms with van der Waals surface area (Å²) in [5.41, 5.74) is 0. The standard InChI is InChI=1S/C55H100O5/c1-4-7-10-13-16-19-22-25-27-28-30-31-33-36-39-42-45-48-54(56)59-52-53(51-58-50-47-44-41-38-35-24-21-18-15-12-9-6-3)60-55(57)49-46-43-40-37-34-32-29-26-23-20-17-14-11-8-5-2/h7,10,15-16,18-19,25,27,53H,4-6,8-9,11-14,17,20-24,26,28-52H2,1-3H3/b10-7-,18-15-,19-16-,27-25-. The zero-order chi connectivity index (χ0) is 43.5. The fourth-order valence-corrected chi connectivity index (χ4v) is 7.45. The van der Waals surface area contributed by atoms with Crippen molar-refractivity contribution in [3.05, 3.63) is 48.6 Å². The first-order valence-corrected chi connectivity index (χ1v) is 26.2. The molecule has 350 valence electrons. The third kappa shape index (κ3) is 48.5. The van der Waals surface area contributed by atoms with E-state index in [0.29, 0.717) is 19.4 Å². The minimum Gasteiger partial charge on any atom is -0.462 e. The van der Waals surface area contributed by atoms with E-state index in [1.807, 2.05) is 0 Å². The molecule has 0 aliphatic heterocycles. The monoisotopic (exact) mass is 841 g/mol. The van der Waals surface area contributed by atoms with E-state index in [0.717, 1.165) is 70.6 Å². The Morgan fingerprint density at radius 1 is 0.383 bits per heavy atom. The van der Waals surface area contributed by atoms with Crippen molar-refractivity contribution < 1.29 is 23.8 Å². The molecule has 5 heteroatoms. The minimum atomic E-state index is -0.539. The highest BCUT2D eigenvalue weighted by Crippen LogP contribution is 2.15. The first-order chi connectivity index (χ1) is 29.6. The Morgan fingerprint density at radius 2 is 0.767 bits per heavy atom. The van der Waals surface area contributed by atoms with Crippen LogP contribution in [-0.4, -0.2) is 37.9 Å². The first-order valence-electron chi connectivity index (χ1n) is 26.2. The number of carbonyl (C=O) groups is 2. The van der Waals surface area contributed by atoms with Crippen LogP contribution in [0.15, 0.2) is 48.6 Å². The molecule has 0 bridgehead atoms. The third-order valence-corrected chi connectivity index (χ3v) is 11.3. The van der Waals surface area contributed by atoms with E-state index in [9.17, 15) is 9.59 Å². The smallest absolute Gasteiger partial charge is 0.306 e. The molecule has 0 N–H and O–H groups in total. The van der Waals surface area contributed by atoms with Gasteiger partial charge in [-0.15, -0.1) is 0 Å². The predicted octanol–water partition coefficient (Wildman–Crippen LogP) is 17.6. The van der Waals surface area contributed by atoms with Crippen LogP contribution in [0.1, 0.15) is 265 Å². The molecule has 0 fully saturated rings. The van der Waals surface area contributed by atoms with Crippen LogP contribution in [0.3, 0.4) is 0 Å². The fraction of sp³-hybridized carbons (Fsp3) is 0.818. The Labute approximate surface area is 373 Å². The fourth-order valence-electron chi connectivity index (χ4n) is 7.45. The molecular weight excluding hydrogens is 741 g/mol. The quantitative estimate of drug-likeness (QED) is 0.0347. The predicted molar refractivity (Wildman–Crippen MR) is 261 cm³/mol. The molecule has 0 aromatic carbocycles. The average Bonchev–Trinajstić information content (AvgIpc) is 3.25. The average molecular weight is 841 g/mol. The van der Waals surface area contributed by atoms with Crippen LogP contribution in [-0.2, 0) is 23.8 Å². The number of ether oxygens (including phenoxy) is 3. The molecule has 60 heavy (non-hydrogen) atoms. The molecule has 0 aromatic rings. The van der Waals surface area contributed by atoms with Gasteiger partial charge in [0.05, 0.1) is 6.61 Å². The molecule has 0 spiro atoms. The van der Waals surface area contributed by atoms with Crippen molar-refractivity contribution in [1.29, 1.82) is 0 Å². The summed E-state index contributed by atoms with van der Waals surface area (Å²) in [6.45, 7) is 7.70. The summed E-state index contributed by atoms with van der Waals surface area (Å²) < 4.78 is 17.4. The van der Waals surface area contributed by atoms with Gasteiger partial charge in [-0.05, 0) is 70.6 Å². The summed E-state index contributed by atoms with van der Waals surface area (Å²) in [5.74, 6) is -0.400. The molecule has 5 nitrogen and oxygen atoms in total. The summed E-state index contributed by atoms with van der Waals surface area (Å²) in [7, 11) is 0. The van der Waals surface area contributed by atoms with E-state index >= 15 is 0 Å². The molecule has 0 saturated heterocycles. The molecule has 0 aliphatic carbocycles. The van der Waals surface area contributed by atoms with Gasteiger partial charge >= 0.3 is 11.9 Å². The lowest BCUT2D eigenvalue weighted by atomic mass is 10.0. The van der Waals surface area contributed by atoms with Gasteiger partial charge in [0.1, 0.15) is 6.61 Å². The van der Waals surface area contributed by atoms with Gasteiger partial charge in [0, 0.05) is 19.4 Å². The Hall–Kier alpha value is -2.14. The molecule has 0 aliphatic rings. The van der Waals surface area contributed by atoms with Crippen LogP contribution in [0.2, 0.25) is 0 Å². The third-order valence-electron chi connectivity index (χ3n) is 11.3. The van der Waals surface area contributed by atoms with Crippen LogP contribution >= 0.6 is 0 Å². The van der Waals surface area contributed by atoms with E-state index in [1.165, 1.54) is 161 Å². The molecule has 0 amide bonds. The molecular formula is C55H100O5. The van der Waals surface area contributed by atoms with Gasteiger partial charge in [0.2, 0.25) is 0 Å². The van der Waals surface area contributed by atoms with Crippen LogP contribution in [0.25, 0.3) is 0 Å². The van der Waals surface area contributed by atoms with Crippen LogP contribution < -0.4 is 0 Å². The number of hydrogen-bond acceptors (Lipinski definition) is 5. The zero-order valence-electron chi connectivity index (χ0n) is 40.2. The van der Waals surface area contributed by atoms with Crippen LogP contribution in [0.5, 0.6) is 0 Å². The van der Waals surface area contributed by atoms with Crippen molar-refractivity contribution in [3.8, 4) is 0 Å². The van der Waals surface area contributed by atoms with Gasteiger partial charge in [0.15, 0.2) is 6.10 Å². The number of allylic oxidation sites excluding steroid dienone is 8. The lowest BCUT2D eigenvalue weighted by Crippen LogP contribution is -2.30. The Morgan fingerprint density at radius 3 is 1.27 bits per heavy atom. The molecule has 1 atom stereocenters. The van der Waals surface area contributed by atoms with Crippen LogP contribution in [0, 0.1) is 0 Å². The van der Waals surface area contributed by atoms with Gasteiger partial charge in [-0.2, -0.15) is 0 Å². The van der Waals surface area contributed by atoms with Gasteiger partial charge in [0.25, 0.3) is 0 Å². The maximum absolute atomic E-state index is 12.8. The highest BCUT2D eigenvalue weighted by atomic mass is 16.6. The minimum absolute atomic E-state index is 0.0807. The highest BCUT2D eigenvalue weighted by Gasteiger charge is 2.17. The summed E-state index contributed by atoms with van der Waals surface area (Å²) in [4.78, 5) is 25.4. The topological polar surface area (TPSA) is 61.8 Å². The van der Waals surface area contributed by atoms with Gasteiger partial charge in [-0.3, -0.25) is 9.59 Å². The van der Waals surface area contributed by atoms with Crippen molar-refractivity contribution in [1.82, 2.24) is 0 Å². The van der Waals surface area contributed by atoms with Gasteiger partial charge in [-0.1, -0.05) is 230 Å². The second kappa shape index (κ2) is 51.2. The number of carbonyl (C=O) groups excluding carboxylic acids is 2. The molecule has 0 rings (SSSR count). The number of hydrogen-bond donors (Lipinski definition) is 0. The number of unbranched alkanes of at least 4 members (excludes halogenated alkanes) is 29. The van der Waals surface area contributed by atoms with Crippen molar-refractivity contribution in [2.45, 2.75) is 271 Å². The summed E-state index contributed by atoms with van der Waals surface area (Å²) >= 11 is 0. The zero-order valence-corrected chi connectivity index (χ0v) is 40.2. The lowest BCUT2D eigenvalue weighted by Gasteiger charge is -2.18. The van der Waals surface area contributed by atoms with Crippen molar-refractivity contribution in [3.63, 3.8) is 0 Å². The highest BCUT2D eigenvalue weighted by molar-refractivity contribution is 5.70. The van der Waals surface area contributed by atoms with E-state index in [-0.39, 0.29) is 25.2 Å². The number of esters is 2. The Balaban J connectivity index is 4.24. The second-order valence-electron chi connectivity index (χ2n) is 17.4. The second-order valence-corrected chi connectivity index (χ2v) is 17.4. The van der Waals surface area contributed by atoms with Gasteiger partial charge < -0.3 is 14.2 Å². The summed E-state index contributed by atoms with van der Waals surface area (Å²) in [5, 5.41) is 0. The normalized spacial score (nSPS) is 12.5. The number of rotatable bonds is 48. The van der Waals surface area contributed by atoms with Crippen molar-refractivity contribution >= 4 is 11.9 Å². The van der Waals surface area contributed by atoms with E-state index in [1.54, 1.807) is 0 Å². The molecule has 0 aromatic heterocycles. The van der Waals surface area contributed by atoms with E-state index < -0.39 is 6.10 Å².